The molecule has 3 rings (SSSR count). The van der Waals surface area contributed by atoms with Crippen LogP contribution in [0, 0.1) is 0 Å². The second kappa shape index (κ2) is 7.74. The average Bonchev–Trinajstić information content (AvgIpc) is 2.74. The molecular formula is C21H22O7. The number of phenolic OH excluding ortho intramolecular Hbond substituents is 2. The van der Waals surface area contributed by atoms with Crippen LogP contribution in [0.2, 0.25) is 0 Å². The van der Waals surface area contributed by atoms with Crippen molar-refractivity contribution in [3.63, 3.8) is 0 Å². The van der Waals surface area contributed by atoms with Crippen LogP contribution in [0.5, 0.6) is 34.5 Å². The molecule has 3 aromatic carbocycles. The Morgan fingerprint density at radius 3 is 1.93 bits per heavy atom. The van der Waals surface area contributed by atoms with Gasteiger partial charge in [0.15, 0.2) is 23.0 Å². The quantitative estimate of drug-likeness (QED) is 0.559. The minimum atomic E-state index is -1.13. The molecule has 3 aromatic rings. The fourth-order valence-corrected chi connectivity index (χ4v) is 3.19. The molecule has 0 aliphatic carbocycles. The molecule has 0 radical (unpaired) electrons. The van der Waals surface area contributed by atoms with Crippen LogP contribution < -0.4 is 18.9 Å². The van der Waals surface area contributed by atoms with Crippen molar-refractivity contribution in [1.82, 2.24) is 0 Å². The summed E-state index contributed by atoms with van der Waals surface area (Å²) in [5.74, 6) is 1.08. The Morgan fingerprint density at radius 1 is 0.750 bits per heavy atom. The zero-order valence-electron chi connectivity index (χ0n) is 16.0. The van der Waals surface area contributed by atoms with Gasteiger partial charge in [-0.05, 0) is 46.8 Å². The van der Waals surface area contributed by atoms with Crippen molar-refractivity contribution in [2.45, 2.75) is 6.10 Å². The van der Waals surface area contributed by atoms with Gasteiger partial charge in [0.2, 0.25) is 5.75 Å². The van der Waals surface area contributed by atoms with Gasteiger partial charge in [0.25, 0.3) is 0 Å². The van der Waals surface area contributed by atoms with Gasteiger partial charge in [0.1, 0.15) is 11.9 Å². The van der Waals surface area contributed by atoms with E-state index in [0.717, 1.165) is 0 Å². The van der Waals surface area contributed by atoms with Gasteiger partial charge in [0, 0.05) is 5.39 Å². The van der Waals surface area contributed by atoms with E-state index < -0.39 is 6.10 Å². The second-order valence-electron chi connectivity index (χ2n) is 6.11. The Bertz CT molecular complexity index is 988. The predicted molar refractivity (Wildman–Crippen MR) is 104 cm³/mol. The highest BCUT2D eigenvalue weighted by molar-refractivity contribution is 5.94. The van der Waals surface area contributed by atoms with Gasteiger partial charge >= 0.3 is 0 Å². The van der Waals surface area contributed by atoms with Gasteiger partial charge in [-0.25, -0.2) is 0 Å². The van der Waals surface area contributed by atoms with E-state index in [0.29, 0.717) is 44.9 Å². The van der Waals surface area contributed by atoms with Crippen molar-refractivity contribution in [1.29, 1.82) is 0 Å². The van der Waals surface area contributed by atoms with Crippen LogP contribution in [0.15, 0.2) is 36.4 Å². The summed E-state index contributed by atoms with van der Waals surface area (Å²) < 4.78 is 21.2. The van der Waals surface area contributed by atoms with Crippen molar-refractivity contribution in [3.8, 4) is 34.5 Å². The Balaban J connectivity index is 2.21. The highest BCUT2D eigenvalue weighted by atomic mass is 16.5. The summed E-state index contributed by atoms with van der Waals surface area (Å²) in [5, 5.41) is 32.4. The lowest BCUT2D eigenvalue weighted by Gasteiger charge is -2.19. The second-order valence-corrected chi connectivity index (χ2v) is 6.11. The zero-order valence-corrected chi connectivity index (χ0v) is 16.0. The molecule has 28 heavy (non-hydrogen) atoms. The number of hydrogen-bond acceptors (Lipinski definition) is 7. The molecule has 0 fully saturated rings. The largest absolute Gasteiger partial charge is 0.504 e. The first kappa shape index (κ1) is 19.4. The molecule has 1 atom stereocenters. The molecular weight excluding hydrogens is 364 g/mol. The molecule has 0 aliphatic heterocycles. The third-order valence-electron chi connectivity index (χ3n) is 4.63. The molecule has 148 valence electrons. The van der Waals surface area contributed by atoms with Crippen molar-refractivity contribution in [2.75, 3.05) is 28.4 Å². The van der Waals surface area contributed by atoms with Crippen LogP contribution in [0.3, 0.4) is 0 Å². The first-order chi connectivity index (χ1) is 13.4. The number of benzene rings is 3. The number of hydrogen-bond donors (Lipinski definition) is 3. The van der Waals surface area contributed by atoms with Crippen molar-refractivity contribution in [3.05, 3.63) is 47.5 Å². The van der Waals surface area contributed by atoms with E-state index in [2.05, 4.69) is 0 Å². The molecule has 3 N–H and O–H groups in total. The summed E-state index contributed by atoms with van der Waals surface area (Å²) in [4.78, 5) is 0. The Hall–Kier alpha value is -3.32. The number of aliphatic hydroxyl groups excluding tert-OH is 1. The normalized spacial score (nSPS) is 11.9. The van der Waals surface area contributed by atoms with Gasteiger partial charge in [-0.15, -0.1) is 0 Å². The van der Waals surface area contributed by atoms with E-state index in [1.165, 1.54) is 34.5 Å². The van der Waals surface area contributed by atoms with Crippen LogP contribution in [-0.2, 0) is 0 Å². The summed E-state index contributed by atoms with van der Waals surface area (Å²) in [6.45, 7) is 0. The maximum Gasteiger partial charge on any atom is 0.203 e. The third-order valence-corrected chi connectivity index (χ3v) is 4.63. The lowest BCUT2D eigenvalue weighted by atomic mass is 9.94. The van der Waals surface area contributed by atoms with Crippen molar-refractivity contribution in [2.24, 2.45) is 0 Å². The van der Waals surface area contributed by atoms with Crippen molar-refractivity contribution >= 4 is 10.8 Å². The minimum Gasteiger partial charge on any atom is -0.504 e. The first-order valence-electron chi connectivity index (χ1n) is 8.45. The van der Waals surface area contributed by atoms with Crippen LogP contribution in [0.4, 0.5) is 0 Å². The zero-order chi connectivity index (χ0) is 20.4. The molecule has 0 bridgehead atoms. The van der Waals surface area contributed by atoms with Crippen LogP contribution in [0.1, 0.15) is 17.2 Å². The van der Waals surface area contributed by atoms with E-state index in [-0.39, 0.29) is 11.5 Å². The number of rotatable bonds is 6. The summed E-state index contributed by atoms with van der Waals surface area (Å²) in [6, 6.07) is 9.61. The van der Waals surface area contributed by atoms with Crippen LogP contribution >= 0.6 is 0 Å². The van der Waals surface area contributed by atoms with Gasteiger partial charge in [-0.2, -0.15) is 0 Å². The third kappa shape index (κ3) is 3.20. The smallest absolute Gasteiger partial charge is 0.203 e. The lowest BCUT2D eigenvalue weighted by Crippen LogP contribution is -2.04. The molecule has 7 nitrogen and oxygen atoms in total. The van der Waals surface area contributed by atoms with E-state index in [1.54, 1.807) is 30.3 Å². The Labute approximate surface area is 162 Å². The topological polar surface area (TPSA) is 97.6 Å². The molecule has 1 unspecified atom stereocenters. The van der Waals surface area contributed by atoms with E-state index in [4.69, 9.17) is 18.9 Å². The minimum absolute atomic E-state index is 0.283. The average molecular weight is 386 g/mol. The molecule has 0 aliphatic rings. The summed E-state index contributed by atoms with van der Waals surface area (Å²) in [7, 11) is 5.98. The predicted octanol–water partition coefficient (Wildman–Crippen LogP) is 3.37. The van der Waals surface area contributed by atoms with Crippen LogP contribution in [-0.4, -0.2) is 43.8 Å². The monoisotopic (exact) mass is 386 g/mol. The van der Waals surface area contributed by atoms with Crippen LogP contribution in [0.25, 0.3) is 10.8 Å². The van der Waals surface area contributed by atoms with E-state index in [9.17, 15) is 15.3 Å². The van der Waals surface area contributed by atoms with Gasteiger partial charge in [-0.3, -0.25) is 0 Å². The van der Waals surface area contributed by atoms with E-state index >= 15 is 0 Å². The molecule has 0 heterocycles. The summed E-state index contributed by atoms with van der Waals surface area (Å²) in [5.41, 5.74) is 0.874. The first-order valence-corrected chi connectivity index (χ1v) is 8.45. The molecule has 7 heteroatoms. The Kier molecular flexibility index (Phi) is 5.37. The number of aromatic hydroxyl groups is 2. The SMILES string of the molecule is COc1ccc2c(C(O)c3cc(OC)c(OC)c(OC)c3)cc(O)c(O)c2c1. The van der Waals surface area contributed by atoms with Crippen molar-refractivity contribution < 1.29 is 34.3 Å². The number of aliphatic hydroxyl groups is 1. The number of phenols is 2. The summed E-state index contributed by atoms with van der Waals surface area (Å²) >= 11 is 0. The number of ether oxygens (including phenoxy) is 4. The molecule has 0 amide bonds. The number of fused-ring (bicyclic) bond motifs is 1. The fraction of sp³-hybridized carbons (Fsp3) is 0.238. The lowest BCUT2D eigenvalue weighted by molar-refractivity contribution is 0.219. The molecule has 0 saturated heterocycles. The summed E-state index contributed by atoms with van der Waals surface area (Å²) in [6.07, 6.45) is -1.13. The maximum atomic E-state index is 11.1. The van der Waals surface area contributed by atoms with Gasteiger partial charge < -0.3 is 34.3 Å². The Morgan fingerprint density at radius 2 is 1.39 bits per heavy atom. The number of methoxy groups -OCH3 is 4. The maximum absolute atomic E-state index is 11.1. The van der Waals surface area contributed by atoms with E-state index in [1.807, 2.05) is 0 Å². The molecule has 0 saturated carbocycles. The standard InChI is InChI=1S/C21H22O7/c1-25-12-5-6-13-14(9-12)20(24)16(22)10-15(13)19(23)11-7-17(26-2)21(28-4)18(8-11)27-3/h5-10,19,22-24H,1-4H3. The molecule has 0 aromatic heterocycles. The highest BCUT2D eigenvalue weighted by Gasteiger charge is 2.22. The van der Waals surface area contributed by atoms with Gasteiger partial charge in [0.05, 0.1) is 28.4 Å². The van der Waals surface area contributed by atoms with Gasteiger partial charge in [-0.1, -0.05) is 6.07 Å². The molecule has 0 spiro atoms. The fourth-order valence-electron chi connectivity index (χ4n) is 3.19. The highest BCUT2D eigenvalue weighted by Crippen LogP contribution is 2.44.